The van der Waals surface area contributed by atoms with Gasteiger partial charge in [-0.3, -0.25) is 4.79 Å². The highest BCUT2D eigenvalue weighted by Gasteiger charge is 2.15. The van der Waals surface area contributed by atoms with E-state index in [4.69, 9.17) is 0 Å². The Morgan fingerprint density at radius 1 is 1.23 bits per heavy atom. The van der Waals surface area contributed by atoms with Crippen LogP contribution in [0.3, 0.4) is 0 Å². The summed E-state index contributed by atoms with van der Waals surface area (Å²) in [6.07, 6.45) is 3.43. The molecule has 1 N–H and O–H groups in total. The number of nitrogens with zero attached hydrogens (tertiary/aromatic N) is 4. The van der Waals surface area contributed by atoms with E-state index in [0.29, 0.717) is 22.2 Å². The third-order valence-electron chi connectivity index (χ3n) is 3.32. The predicted molar refractivity (Wildman–Crippen MR) is 86.4 cm³/mol. The second-order valence-corrected chi connectivity index (χ2v) is 5.66. The molecule has 0 saturated carbocycles. The number of amides is 1. The molecule has 0 aliphatic heterocycles. The number of carbonyl (C=O) groups is 1. The lowest BCUT2D eigenvalue weighted by molar-refractivity contribution is 0.102. The second-order valence-electron chi connectivity index (χ2n) is 4.89. The van der Waals surface area contributed by atoms with Crippen LogP contribution in [0, 0.1) is 13.8 Å². The molecule has 0 atom stereocenters. The van der Waals surface area contributed by atoms with E-state index in [-0.39, 0.29) is 5.91 Å². The average Bonchev–Trinajstić information content (AvgIpc) is 2.94. The van der Waals surface area contributed by atoms with E-state index in [0.717, 1.165) is 11.3 Å². The Bertz CT molecular complexity index is 841. The molecule has 0 unspecified atom stereocenters. The number of thioether (sulfide) groups is 1. The summed E-state index contributed by atoms with van der Waals surface area (Å²) in [5, 5.41) is 7.82. The van der Waals surface area contributed by atoms with Crippen molar-refractivity contribution in [3.63, 3.8) is 0 Å². The SMILES string of the molecule is CSc1nc2ncc(C(=O)Nc3ccc(C)cc3)c(C)n2n1. The van der Waals surface area contributed by atoms with Crippen LogP contribution in [-0.2, 0) is 0 Å². The van der Waals surface area contributed by atoms with E-state index in [1.165, 1.54) is 18.0 Å². The number of anilines is 1. The predicted octanol–water partition coefficient (Wildman–Crippen LogP) is 2.72. The van der Waals surface area contributed by atoms with Crippen molar-refractivity contribution < 1.29 is 4.79 Å². The summed E-state index contributed by atoms with van der Waals surface area (Å²) >= 11 is 1.44. The van der Waals surface area contributed by atoms with Crippen LogP contribution < -0.4 is 5.32 Å². The van der Waals surface area contributed by atoms with Gasteiger partial charge in [0, 0.05) is 11.9 Å². The lowest BCUT2D eigenvalue weighted by atomic mass is 10.2. The van der Waals surface area contributed by atoms with Gasteiger partial charge in [-0.05, 0) is 32.2 Å². The molecular formula is C15H15N5OS. The largest absolute Gasteiger partial charge is 0.322 e. The lowest BCUT2D eigenvalue weighted by Crippen LogP contribution is -2.16. The summed E-state index contributed by atoms with van der Waals surface area (Å²) in [6, 6.07) is 7.64. The minimum atomic E-state index is -0.211. The summed E-state index contributed by atoms with van der Waals surface area (Å²) in [4.78, 5) is 20.9. The van der Waals surface area contributed by atoms with Crippen LogP contribution in [0.1, 0.15) is 21.6 Å². The van der Waals surface area contributed by atoms with Crippen LogP contribution in [0.4, 0.5) is 5.69 Å². The molecule has 0 radical (unpaired) electrons. The van der Waals surface area contributed by atoms with Gasteiger partial charge < -0.3 is 5.32 Å². The number of rotatable bonds is 3. The van der Waals surface area contributed by atoms with Gasteiger partial charge in [-0.15, -0.1) is 5.10 Å². The summed E-state index contributed by atoms with van der Waals surface area (Å²) in [7, 11) is 0. The molecule has 112 valence electrons. The van der Waals surface area contributed by atoms with Crippen molar-refractivity contribution in [3.8, 4) is 0 Å². The maximum atomic E-state index is 12.4. The number of nitrogens with one attached hydrogen (secondary N) is 1. The molecule has 0 saturated heterocycles. The van der Waals surface area contributed by atoms with Gasteiger partial charge in [0.1, 0.15) is 0 Å². The molecule has 3 rings (SSSR count). The van der Waals surface area contributed by atoms with Crippen molar-refractivity contribution in [1.82, 2.24) is 19.6 Å². The van der Waals surface area contributed by atoms with Gasteiger partial charge in [-0.1, -0.05) is 29.5 Å². The molecular weight excluding hydrogens is 298 g/mol. The van der Waals surface area contributed by atoms with Crippen molar-refractivity contribution in [2.45, 2.75) is 19.0 Å². The molecule has 0 aliphatic carbocycles. The molecule has 0 spiro atoms. The molecule has 0 bridgehead atoms. The Kier molecular flexibility index (Phi) is 3.81. The second kappa shape index (κ2) is 5.76. The standard InChI is InChI=1S/C15H15N5OS/c1-9-4-6-11(7-5-9)17-13(21)12-8-16-14-18-15(22-3)19-20(14)10(12)2/h4-8H,1-3H3,(H,17,21). The molecule has 22 heavy (non-hydrogen) atoms. The summed E-state index contributed by atoms with van der Waals surface area (Å²) in [6.45, 7) is 3.83. The highest BCUT2D eigenvalue weighted by atomic mass is 32.2. The number of hydrogen-bond acceptors (Lipinski definition) is 5. The van der Waals surface area contributed by atoms with Crippen molar-refractivity contribution in [2.24, 2.45) is 0 Å². The fourth-order valence-corrected chi connectivity index (χ4v) is 2.40. The van der Waals surface area contributed by atoms with E-state index in [1.54, 1.807) is 4.52 Å². The Hall–Kier alpha value is -2.41. The topological polar surface area (TPSA) is 72.2 Å². The third kappa shape index (κ3) is 2.67. The molecule has 3 aromatic rings. The summed E-state index contributed by atoms with van der Waals surface area (Å²) in [5.41, 5.74) is 3.08. The van der Waals surface area contributed by atoms with Crippen LogP contribution >= 0.6 is 11.8 Å². The van der Waals surface area contributed by atoms with E-state index >= 15 is 0 Å². The van der Waals surface area contributed by atoms with Gasteiger partial charge in [0.2, 0.25) is 5.16 Å². The average molecular weight is 313 g/mol. The Labute approximate surface area is 132 Å². The Morgan fingerprint density at radius 2 is 1.95 bits per heavy atom. The number of aromatic nitrogens is 4. The van der Waals surface area contributed by atoms with Gasteiger partial charge in [0.05, 0.1) is 11.3 Å². The molecule has 7 heteroatoms. The Balaban J connectivity index is 1.93. The summed E-state index contributed by atoms with van der Waals surface area (Å²) in [5.74, 6) is 0.283. The number of benzene rings is 1. The van der Waals surface area contributed by atoms with E-state index in [9.17, 15) is 4.79 Å². The number of fused-ring (bicyclic) bond motifs is 1. The molecule has 1 amide bonds. The van der Waals surface area contributed by atoms with Gasteiger partial charge in [-0.2, -0.15) is 9.50 Å². The van der Waals surface area contributed by atoms with Gasteiger partial charge in [0.15, 0.2) is 0 Å². The zero-order valence-corrected chi connectivity index (χ0v) is 13.3. The van der Waals surface area contributed by atoms with E-state index < -0.39 is 0 Å². The fourth-order valence-electron chi connectivity index (χ4n) is 2.07. The number of hydrogen-bond donors (Lipinski definition) is 1. The van der Waals surface area contributed by atoms with Crippen LogP contribution in [0.15, 0.2) is 35.6 Å². The quantitative estimate of drug-likeness (QED) is 0.753. The monoisotopic (exact) mass is 313 g/mol. The first-order valence-electron chi connectivity index (χ1n) is 6.73. The van der Waals surface area contributed by atoms with Crippen LogP contribution in [-0.4, -0.2) is 31.7 Å². The minimum absolute atomic E-state index is 0.211. The highest BCUT2D eigenvalue weighted by Crippen LogP contribution is 2.15. The van der Waals surface area contributed by atoms with E-state index in [1.807, 2.05) is 44.4 Å². The van der Waals surface area contributed by atoms with Crippen molar-refractivity contribution in [1.29, 1.82) is 0 Å². The third-order valence-corrected chi connectivity index (χ3v) is 3.86. The molecule has 1 aromatic carbocycles. The summed E-state index contributed by atoms with van der Waals surface area (Å²) < 4.78 is 1.59. The maximum Gasteiger partial charge on any atom is 0.259 e. The zero-order valence-electron chi connectivity index (χ0n) is 12.5. The van der Waals surface area contributed by atoms with Crippen LogP contribution in [0.5, 0.6) is 0 Å². The van der Waals surface area contributed by atoms with Crippen molar-refractivity contribution >= 4 is 29.1 Å². The fraction of sp³-hybridized carbons (Fsp3) is 0.200. The Morgan fingerprint density at radius 3 is 2.64 bits per heavy atom. The number of carbonyl (C=O) groups excluding carboxylic acids is 1. The number of aryl methyl sites for hydroxylation is 2. The molecule has 0 aliphatic rings. The maximum absolute atomic E-state index is 12.4. The molecule has 0 fully saturated rings. The lowest BCUT2D eigenvalue weighted by Gasteiger charge is -2.08. The van der Waals surface area contributed by atoms with Gasteiger partial charge in [-0.25, -0.2) is 4.98 Å². The molecule has 2 aromatic heterocycles. The van der Waals surface area contributed by atoms with Crippen molar-refractivity contribution in [3.05, 3.63) is 47.3 Å². The zero-order chi connectivity index (χ0) is 15.7. The normalized spacial score (nSPS) is 10.9. The highest BCUT2D eigenvalue weighted by molar-refractivity contribution is 7.98. The first kappa shape index (κ1) is 14.5. The van der Waals surface area contributed by atoms with Gasteiger partial charge >= 0.3 is 0 Å². The van der Waals surface area contributed by atoms with Crippen LogP contribution in [0.2, 0.25) is 0 Å². The first-order chi connectivity index (χ1) is 10.6. The minimum Gasteiger partial charge on any atom is -0.322 e. The smallest absolute Gasteiger partial charge is 0.259 e. The van der Waals surface area contributed by atoms with Crippen molar-refractivity contribution in [2.75, 3.05) is 11.6 Å². The molecule has 2 heterocycles. The first-order valence-corrected chi connectivity index (χ1v) is 7.95. The van der Waals surface area contributed by atoms with Gasteiger partial charge in [0.25, 0.3) is 11.7 Å². The van der Waals surface area contributed by atoms with E-state index in [2.05, 4.69) is 20.4 Å². The molecule has 6 nitrogen and oxygen atoms in total. The van der Waals surface area contributed by atoms with Crippen LogP contribution in [0.25, 0.3) is 5.78 Å².